The zero-order chi connectivity index (χ0) is 13.3. The van der Waals surface area contributed by atoms with Crippen molar-refractivity contribution >= 4 is 29.1 Å². The van der Waals surface area contributed by atoms with Crippen molar-refractivity contribution in [2.75, 3.05) is 6.54 Å². The molecule has 0 spiro atoms. The third kappa shape index (κ3) is 2.63. The number of hydrogen-bond acceptors (Lipinski definition) is 2. The molecule has 0 aromatic heterocycles. The van der Waals surface area contributed by atoms with Gasteiger partial charge in [0.2, 0.25) is 5.91 Å². The average molecular weight is 287 g/mol. The number of rotatable bonds is 4. The number of carbonyl (C=O) groups excluding carboxylic acids is 1. The first-order valence-corrected chi connectivity index (χ1v) is 6.70. The Balaban J connectivity index is 2.05. The molecule has 1 aliphatic carbocycles. The molecule has 0 saturated heterocycles. The van der Waals surface area contributed by atoms with Gasteiger partial charge in [0, 0.05) is 6.54 Å². The molecule has 3 nitrogen and oxygen atoms in total. The van der Waals surface area contributed by atoms with E-state index < -0.39 is 0 Å². The summed E-state index contributed by atoms with van der Waals surface area (Å²) in [5, 5.41) is 3.98. The summed E-state index contributed by atoms with van der Waals surface area (Å²) in [6.07, 6.45) is 1.76. The third-order valence-electron chi connectivity index (χ3n) is 3.52. The molecule has 1 saturated carbocycles. The van der Waals surface area contributed by atoms with E-state index in [4.69, 9.17) is 28.9 Å². The van der Waals surface area contributed by atoms with Gasteiger partial charge in [-0.1, -0.05) is 29.3 Å². The van der Waals surface area contributed by atoms with Gasteiger partial charge in [0.1, 0.15) is 0 Å². The van der Waals surface area contributed by atoms with Crippen molar-refractivity contribution in [3.8, 4) is 0 Å². The summed E-state index contributed by atoms with van der Waals surface area (Å²) in [5.74, 6) is 0.0311. The van der Waals surface area contributed by atoms with Gasteiger partial charge in [-0.2, -0.15) is 0 Å². The lowest BCUT2D eigenvalue weighted by Crippen LogP contribution is -2.37. The Morgan fingerprint density at radius 1 is 1.44 bits per heavy atom. The van der Waals surface area contributed by atoms with Gasteiger partial charge in [-0.15, -0.1) is 0 Å². The summed E-state index contributed by atoms with van der Waals surface area (Å²) in [7, 11) is 0. The molecule has 98 valence electrons. The number of halogens is 2. The summed E-state index contributed by atoms with van der Waals surface area (Å²) in [6.45, 7) is 2.33. The van der Waals surface area contributed by atoms with Crippen LogP contribution in [0.1, 0.15) is 31.4 Å². The largest absolute Gasteiger partial charge is 0.349 e. The van der Waals surface area contributed by atoms with E-state index in [1.54, 1.807) is 12.1 Å². The lowest BCUT2D eigenvalue weighted by molar-refractivity contribution is -0.126. The van der Waals surface area contributed by atoms with Gasteiger partial charge in [-0.05, 0) is 37.5 Å². The number of nitrogens with two attached hydrogens (primary N) is 1. The summed E-state index contributed by atoms with van der Waals surface area (Å²) in [4.78, 5) is 12.0. The fraction of sp³-hybridized carbons (Fsp3) is 0.462. The smallest absolute Gasteiger partial charge is 0.227 e. The first kappa shape index (κ1) is 13.7. The second-order valence-corrected chi connectivity index (χ2v) is 5.67. The van der Waals surface area contributed by atoms with Gasteiger partial charge in [0.05, 0.1) is 21.5 Å². The van der Waals surface area contributed by atoms with E-state index in [-0.39, 0.29) is 17.4 Å². The highest BCUT2D eigenvalue weighted by Gasteiger charge is 2.48. The maximum Gasteiger partial charge on any atom is 0.227 e. The fourth-order valence-electron chi connectivity index (χ4n) is 1.89. The summed E-state index contributed by atoms with van der Waals surface area (Å²) >= 11 is 11.8. The second kappa shape index (κ2) is 5.08. The molecule has 0 radical (unpaired) electrons. The quantitative estimate of drug-likeness (QED) is 0.894. The molecule has 2 rings (SSSR count). The second-order valence-electron chi connectivity index (χ2n) is 4.85. The maximum absolute atomic E-state index is 12.0. The van der Waals surface area contributed by atoms with E-state index in [1.165, 1.54) is 0 Å². The molecule has 1 fully saturated rings. The zero-order valence-corrected chi connectivity index (χ0v) is 11.7. The molecule has 0 bridgehead atoms. The number of nitrogens with one attached hydrogen (secondary N) is 1. The predicted molar refractivity (Wildman–Crippen MR) is 73.7 cm³/mol. The number of amides is 1. The molecule has 3 N–H and O–H groups in total. The van der Waals surface area contributed by atoms with Gasteiger partial charge in [0.15, 0.2) is 0 Å². The monoisotopic (exact) mass is 286 g/mol. The molecule has 1 aromatic carbocycles. The number of hydrogen-bond donors (Lipinski definition) is 2. The van der Waals surface area contributed by atoms with Crippen molar-refractivity contribution < 1.29 is 4.79 Å². The van der Waals surface area contributed by atoms with Crippen LogP contribution in [0.5, 0.6) is 0 Å². The van der Waals surface area contributed by atoms with Crippen LogP contribution in [-0.4, -0.2) is 12.5 Å². The third-order valence-corrected chi connectivity index (χ3v) is 4.26. The molecule has 1 amide bonds. The molecule has 1 aromatic rings. The molecule has 1 unspecified atom stereocenters. The Morgan fingerprint density at radius 3 is 2.61 bits per heavy atom. The van der Waals surface area contributed by atoms with Crippen molar-refractivity contribution in [2.45, 2.75) is 25.8 Å². The van der Waals surface area contributed by atoms with Gasteiger partial charge in [-0.3, -0.25) is 4.79 Å². The molecule has 1 aliphatic rings. The molecule has 0 aliphatic heterocycles. The first-order chi connectivity index (χ1) is 8.48. The lowest BCUT2D eigenvalue weighted by atomic mass is 10.0. The standard InChI is InChI=1S/C13H16Cl2N2O/c1-8(9-2-3-10(14)11(15)6-9)17-12(18)13(7-16)4-5-13/h2-3,6,8H,4-5,7,16H2,1H3,(H,17,18). The highest BCUT2D eigenvalue weighted by atomic mass is 35.5. The molecule has 0 heterocycles. The Bertz CT molecular complexity index is 472. The average Bonchev–Trinajstić information content (AvgIpc) is 3.13. The Hall–Kier alpha value is -0.770. The van der Waals surface area contributed by atoms with Gasteiger partial charge in [0.25, 0.3) is 0 Å². The van der Waals surface area contributed by atoms with E-state index in [0.717, 1.165) is 18.4 Å². The van der Waals surface area contributed by atoms with Crippen LogP contribution in [-0.2, 0) is 4.79 Å². The minimum absolute atomic E-state index is 0.0311. The van der Waals surface area contributed by atoms with Crippen molar-refractivity contribution in [3.05, 3.63) is 33.8 Å². The minimum atomic E-state index is -0.329. The number of carbonyl (C=O) groups is 1. The van der Waals surface area contributed by atoms with E-state index >= 15 is 0 Å². The van der Waals surface area contributed by atoms with Crippen LogP contribution in [0, 0.1) is 5.41 Å². The summed E-state index contributed by atoms with van der Waals surface area (Å²) in [6, 6.07) is 5.27. The Labute approximate surface area is 117 Å². The SMILES string of the molecule is CC(NC(=O)C1(CN)CC1)c1ccc(Cl)c(Cl)c1. The number of benzene rings is 1. The maximum atomic E-state index is 12.0. The van der Waals surface area contributed by atoms with E-state index in [1.807, 2.05) is 13.0 Å². The van der Waals surface area contributed by atoms with Crippen LogP contribution in [0.25, 0.3) is 0 Å². The van der Waals surface area contributed by atoms with Crippen molar-refractivity contribution in [1.82, 2.24) is 5.32 Å². The van der Waals surface area contributed by atoms with Crippen molar-refractivity contribution in [3.63, 3.8) is 0 Å². The van der Waals surface area contributed by atoms with Crippen LogP contribution < -0.4 is 11.1 Å². The van der Waals surface area contributed by atoms with Crippen LogP contribution in [0.3, 0.4) is 0 Å². The van der Waals surface area contributed by atoms with Gasteiger partial charge >= 0.3 is 0 Å². The van der Waals surface area contributed by atoms with Crippen molar-refractivity contribution in [2.24, 2.45) is 11.1 Å². The lowest BCUT2D eigenvalue weighted by Gasteiger charge is -2.19. The summed E-state index contributed by atoms with van der Waals surface area (Å²) < 4.78 is 0. The normalized spacial score (nSPS) is 18.2. The topological polar surface area (TPSA) is 55.1 Å². The summed E-state index contributed by atoms with van der Waals surface area (Å²) in [5.41, 5.74) is 6.24. The van der Waals surface area contributed by atoms with Crippen LogP contribution in [0.15, 0.2) is 18.2 Å². The molecule has 5 heteroatoms. The highest BCUT2D eigenvalue weighted by Crippen LogP contribution is 2.45. The van der Waals surface area contributed by atoms with Crippen LogP contribution in [0.2, 0.25) is 10.0 Å². The Kier molecular flexibility index (Phi) is 3.85. The first-order valence-electron chi connectivity index (χ1n) is 5.94. The van der Waals surface area contributed by atoms with Gasteiger partial charge in [-0.25, -0.2) is 0 Å². The minimum Gasteiger partial charge on any atom is -0.349 e. The molecule has 18 heavy (non-hydrogen) atoms. The predicted octanol–water partition coefficient (Wildman–Crippen LogP) is 2.91. The van der Waals surface area contributed by atoms with Crippen molar-refractivity contribution in [1.29, 1.82) is 0 Å². The zero-order valence-electron chi connectivity index (χ0n) is 10.2. The van der Waals surface area contributed by atoms with Crippen LogP contribution >= 0.6 is 23.2 Å². The van der Waals surface area contributed by atoms with E-state index in [9.17, 15) is 4.79 Å². The highest BCUT2D eigenvalue weighted by molar-refractivity contribution is 6.42. The fourth-order valence-corrected chi connectivity index (χ4v) is 2.20. The van der Waals surface area contributed by atoms with E-state index in [0.29, 0.717) is 16.6 Å². The van der Waals surface area contributed by atoms with Crippen LogP contribution in [0.4, 0.5) is 0 Å². The molecule has 1 atom stereocenters. The Morgan fingerprint density at radius 2 is 2.11 bits per heavy atom. The molecular formula is C13H16Cl2N2O. The molecular weight excluding hydrogens is 271 g/mol. The van der Waals surface area contributed by atoms with Gasteiger partial charge < -0.3 is 11.1 Å². The van der Waals surface area contributed by atoms with E-state index in [2.05, 4.69) is 5.32 Å².